The van der Waals surface area contributed by atoms with Crippen molar-refractivity contribution in [1.29, 1.82) is 0 Å². The summed E-state index contributed by atoms with van der Waals surface area (Å²) in [5.41, 5.74) is 2.78. The number of H-pyrrole nitrogens is 2. The van der Waals surface area contributed by atoms with Crippen molar-refractivity contribution in [3.05, 3.63) is 58.0 Å². The highest BCUT2D eigenvalue weighted by Crippen LogP contribution is 2.13. The quantitative estimate of drug-likeness (QED) is 0.503. The Kier molecular flexibility index (Phi) is 4.73. The maximum absolute atomic E-state index is 12.1. The number of aromatic amines is 2. The van der Waals surface area contributed by atoms with Crippen LogP contribution in [0.4, 0.5) is 5.95 Å². The van der Waals surface area contributed by atoms with Crippen molar-refractivity contribution >= 4 is 17.0 Å². The third-order valence-corrected chi connectivity index (χ3v) is 3.84. The molecule has 2 aromatic heterocycles. The van der Waals surface area contributed by atoms with Crippen LogP contribution in [0.25, 0.3) is 11.0 Å². The second kappa shape index (κ2) is 7.11. The first-order valence-electron chi connectivity index (χ1n) is 7.80. The van der Waals surface area contributed by atoms with Gasteiger partial charge in [-0.2, -0.15) is 4.98 Å². The largest absolute Gasteiger partial charge is 0.359 e. The molecule has 0 atom stereocenters. The van der Waals surface area contributed by atoms with Crippen molar-refractivity contribution < 1.29 is 0 Å². The predicted molar refractivity (Wildman–Crippen MR) is 92.7 cm³/mol. The molecule has 0 aliphatic heterocycles. The number of benzene rings is 1. The summed E-state index contributed by atoms with van der Waals surface area (Å²) < 4.78 is 0. The highest BCUT2D eigenvalue weighted by Gasteiger charge is 2.10. The Hall–Kier alpha value is -2.60. The van der Waals surface area contributed by atoms with Gasteiger partial charge in [-0.15, -0.1) is 0 Å². The standard InChI is InChI=1S/C17H21N5O/c1-18-17-21-15-14(16(23)22-17)13(11-20-15)10-19-9-5-8-12-6-3-2-4-7-12/h2-4,6-7,11,19H,5,8-10H2,1H3,(H3,18,20,21,22,23). The molecular formula is C17H21N5O. The van der Waals surface area contributed by atoms with E-state index in [1.165, 1.54) is 5.56 Å². The molecule has 0 unspecified atom stereocenters. The number of hydrogen-bond donors (Lipinski definition) is 4. The lowest BCUT2D eigenvalue weighted by Gasteiger charge is -2.04. The van der Waals surface area contributed by atoms with Crippen LogP contribution < -0.4 is 16.2 Å². The van der Waals surface area contributed by atoms with Gasteiger partial charge in [0.2, 0.25) is 5.95 Å². The van der Waals surface area contributed by atoms with Crippen molar-refractivity contribution in [3.8, 4) is 0 Å². The summed E-state index contributed by atoms with van der Waals surface area (Å²) in [5, 5.41) is 6.86. The lowest BCUT2D eigenvalue weighted by molar-refractivity contribution is 0.651. The summed E-state index contributed by atoms with van der Waals surface area (Å²) in [7, 11) is 1.72. The normalized spacial score (nSPS) is 11.0. The SMILES string of the molecule is CNc1nc2[nH]cc(CNCCCc3ccccc3)c2c(=O)[nH]1. The minimum Gasteiger partial charge on any atom is -0.359 e. The van der Waals surface area contributed by atoms with E-state index in [-0.39, 0.29) is 5.56 Å². The number of nitrogens with zero attached hydrogens (tertiary/aromatic N) is 1. The lowest BCUT2D eigenvalue weighted by Crippen LogP contribution is -2.17. The summed E-state index contributed by atoms with van der Waals surface area (Å²) >= 11 is 0. The van der Waals surface area contributed by atoms with E-state index in [0.717, 1.165) is 24.9 Å². The number of nitrogens with one attached hydrogen (secondary N) is 4. The Morgan fingerprint density at radius 3 is 2.83 bits per heavy atom. The molecule has 0 aliphatic carbocycles. The van der Waals surface area contributed by atoms with E-state index < -0.39 is 0 Å². The molecule has 0 spiro atoms. The molecule has 0 saturated carbocycles. The molecule has 0 fully saturated rings. The third-order valence-electron chi connectivity index (χ3n) is 3.84. The first-order chi connectivity index (χ1) is 11.3. The van der Waals surface area contributed by atoms with Gasteiger partial charge in [0.1, 0.15) is 5.65 Å². The Morgan fingerprint density at radius 2 is 2.04 bits per heavy atom. The zero-order chi connectivity index (χ0) is 16.1. The molecule has 120 valence electrons. The van der Waals surface area contributed by atoms with E-state index in [1.54, 1.807) is 7.05 Å². The molecule has 0 radical (unpaired) electrons. The molecule has 3 rings (SSSR count). The minimum atomic E-state index is -0.123. The number of aryl methyl sites for hydroxylation is 1. The fraction of sp³-hybridized carbons (Fsp3) is 0.294. The van der Waals surface area contributed by atoms with Gasteiger partial charge in [0.25, 0.3) is 5.56 Å². The zero-order valence-corrected chi connectivity index (χ0v) is 13.1. The number of fused-ring (bicyclic) bond motifs is 1. The van der Waals surface area contributed by atoms with Gasteiger partial charge >= 0.3 is 0 Å². The van der Waals surface area contributed by atoms with Gasteiger partial charge < -0.3 is 15.6 Å². The summed E-state index contributed by atoms with van der Waals surface area (Å²) in [4.78, 5) is 22.2. The Bertz CT molecular complexity index is 822. The van der Waals surface area contributed by atoms with Crippen LogP contribution in [0.3, 0.4) is 0 Å². The van der Waals surface area contributed by atoms with Gasteiger partial charge in [0.15, 0.2) is 0 Å². The van der Waals surface area contributed by atoms with Crippen LogP contribution in [-0.4, -0.2) is 28.5 Å². The monoisotopic (exact) mass is 311 g/mol. The van der Waals surface area contributed by atoms with Gasteiger partial charge in [-0.3, -0.25) is 9.78 Å². The first kappa shape index (κ1) is 15.3. The maximum atomic E-state index is 12.1. The average molecular weight is 311 g/mol. The highest BCUT2D eigenvalue weighted by molar-refractivity contribution is 5.79. The van der Waals surface area contributed by atoms with Gasteiger partial charge in [0.05, 0.1) is 5.39 Å². The van der Waals surface area contributed by atoms with Crippen LogP contribution in [0.5, 0.6) is 0 Å². The average Bonchev–Trinajstić information content (AvgIpc) is 2.99. The minimum absolute atomic E-state index is 0.123. The van der Waals surface area contributed by atoms with Crippen LogP contribution in [0.15, 0.2) is 41.3 Å². The Labute approximate surface area is 134 Å². The molecular weight excluding hydrogens is 290 g/mol. The first-order valence-corrected chi connectivity index (χ1v) is 7.80. The number of rotatable bonds is 7. The molecule has 0 bridgehead atoms. The van der Waals surface area contributed by atoms with Crippen LogP contribution in [0.2, 0.25) is 0 Å². The van der Waals surface area contributed by atoms with Gasteiger partial charge in [-0.1, -0.05) is 30.3 Å². The van der Waals surface area contributed by atoms with Crippen LogP contribution >= 0.6 is 0 Å². The number of anilines is 1. The van der Waals surface area contributed by atoms with E-state index in [1.807, 2.05) is 12.3 Å². The molecule has 1 aromatic carbocycles. The Balaban J connectivity index is 1.56. The van der Waals surface area contributed by atoms with E-state index in [4.69, 9.17) is 0 Å². The van der Waals surface area contributed by atoms with Crippen LogP contribution in [0, 0.1) is 0 Å². The van der Waals surface area contributed by atoms with Crippen molar-refractivity contribution in [2.75, 3.05) is 18.9 Å². The van der Waals surface area contributed by atoms with Crippen molar-refractivity contribution in [2.24, 2.45) is 0 Å². The molecule has 23 heavy (non-hydrogen) atoms. The molecule has 6 heteroatoms. The van der Waals surface area contributed by atoms with Crippen LogP contribution in [-0.2, 0) is 13.0 Å². The molecule has 6 nitrogen and oxygen atoms in total. The molecule has 0 saturated heterocycles. The van der Waals surface area contributed by atoms with E-state index in [2.05, 4.69) is 49.9 Å². The molecule has 2 heterocycles. The van der Waals surface area contributed by atoms with Crippen molar-refractivity contribution in [2.45, 2.75) is 19.4 Å². The zero-order valence-electron chi connectivity index (χ0n) is 13.1. The van der Waals surface area contributed by atoms with E-state index >= 15 is 0 Å². The van der Waals surface area contributed by atoms with Crippen molar-refractivity contribution in [1.82, 2.24) is 20.3 Å². The van der Waals surface area contributed by atoms with Gasteiger partial charge in [-0.05, 0) is 30.5 Å². The van der Waals surface area contributed by atoms with E-state index in [9.17, 15) is 4.79 Å². The summed E-state index contributed by atoms with van der Waals surface area (Å²) in [6, 6.07) is 10.4. The molecule has 0 aliphatic rings. The summed E-state index contributed by atoms with van der Waals surface area (Å²) in [6.45, 7) is 1.56. The third kappa shape index (κ3) is 3.60. The lowest BCUT2D eigenvalue weighted by atomic mass is 10.1. The fourth-order valence-electron chi connectivity index (χ4n) is 2.65. The Morgan fingerprint density at radius 1 is 1.22 bits per heavy atom. The second-order valence-electron chi connectivity index (χ2n) is 5.47. The molecule has 0 amide bonds. The number of hydrogen-bond acceptors (Lipinski definition) is 4. The smallest absolute Gasteiger partial charge is 0.262 e. The topological polar surface area (TPSA) is 85.6 Å². The summed E-state index contributed by atoms with van der Waals surface area (Å²) in [5.74, 6) is 0.465. The van der Waals surface area contributed by atoms with E-state index in [0.29, 0.717) is 23.5 Å². The summed E-state index contributed by atoms with van der Waals surface area (Å²) in [6.07, 6.45) is 3.96. The number of aromatic nitrogens is 3. The second-order valence-corrected chi connectivity index (χ2v) is 5.47. The predicted octanol–water partition coefficient (Wildman–Crippen LogP) is 2.02. The van der Waals surface area contributed by atoms with Gasteiger partial charge in [-0.25, -0.2) is 0 Å². The van der Waals surface area contributed by atoms with Crippen molar-refractivity contribution in [3.63, 3.8) is 0 Å². The highest BCUT2D eigenvalue weighted by atomic mass is 16.1. The molecule has 4 N–H and O–H groups in total. The maximum Gasteiger partial charge on any atom is 0.262 e. The molecule has 3 aromatic rings. The van der Waals surface area contributed by atoms with Gasteiger partial charge in [0, 0.05) is 19.8 Å². The fourth-order valence-corrected chi connectivity index (χ4v) is 2.65. The van der Waals surface area contributed by atoms with Crippen LogP contribution in [0.1, 0.15) is 17.5 Å².